The number of carbonyl (C=O) groups excluding carboxylic acids is 2. The summed E-state index contributed by atoms with van der Waals surface area (Å²) in [5.41, 5.74) is -0.236. The van der Waals surface area contributed by atoms with Crippen LogP contribution in [-0.2, 0) is 16.1 Å². The molecule has 0 spiro atoms. The van der Waals surface area contributed by atoms with Crippen LogP contribution in [0.1, 0.15) is 23.2 Å². The zero-order valence-corrected chi connectivity index (χ0v) is 22.0. The van der Waals surface area contributed by atoms with Crippen molar-refractivity contribution in [3.63, 3.8) is 0 Å². The van der Waals surface area contributed by atoms with Gasteiger partial charge >= 0.3 is 5.97 Å². The van der Waals surface area contributed by atoms with Crippen molar-refractivity contribution >= 4 is 28.8 Å². The Hall–Kier alpha value is -4.91. The van der Waals surface area contributed by atoms with Gasteiger partial charge in [0.15, 0.2) is 11.3 Å². The van der Waals surface area contributed by atoms with Crippen LogP contribution in [0.3, 0.4) is 0 Å². The third-order valence-corrected chi connectivity index (χ3v) is 6.75. The molecule has 13 heteroatoms. The first-order valence-electron chi connectivity index (χ1n) is 12.3. The maximum Gasteiger partial charge on any atom is 0.332 e. The number of rotatable bonds is 9. The molecule has 3 aromatic heterocycles. The van der Waals surface area contributed by atoms with Crippen molar-refractivity contribution in [2.75, 3.05) is 34.0 Å². The molecule has 0 aliphatic carbocycles. The van der Waals surface area contributed by atoms with Gasteiger partial charge in [0.05, 0.1) is 31.1 Å². The van der Waals surface area contributed by atoms with Gasteiger partial charge < -0.3 is 33.2 Å². The molecular formula is C27H27N5O8. The van der Waals surface area contributed by atoms with Gasteiger partial charge in [0.25, 0.3) is 5.91 Å². The summed E-state index contributed by atoms with van der Waals surface area (Å²) in [4.78, 5) is 49.9. The molecule has 5 rings (SSSR count). The molecule has 40 heavy (non-hydrogen) atoms. The Morgan fingerprint density at radius 3 is 2.80 bits per heavy atom. The van der Waals surface area contributed by atoms with Crippen molar-refractivity contribution in [2.45, 2.75) is 19.0 Å². The summed E-state index contributed by atoms with van der Waals surface area (Å²) < 4.78 is 22.3. The highest BCUT2D eigenvalue weighted by Crippen LogP contribution is 2.39. The fourth-order valence-electron chi connectivity index (χ4n) is 4.34. The fraction of sp³-hybridized carbons (Fsp3) is 0.296. The Bertz CT molecular complexity index is 1570. The SMILES string of the molecule is COc1cccnc1CNCN(C)C(=O)CN1C(=O)c2oc3cc(-c4ncco4)ccc3c2OC[C@]1(C)C(=O)O. The number of amides is 2. The lowest BCUT2D eigenvalue weighted by Gasteiger charge is -2.35. The van der Waals surface area contributed by atoms with Crippen molar-refractivity contribution in [1.29, 1.82) is 0 Å². The van der Waals surface area contributed by atoms with Crippen molar-refractivity contribution in [3.8, 4) is 23.0 Å². The van der Waals surface area contributed by atoms with Crippen LogP contribution in [0.25, 0.3) is 22.4 Å². The number of aromatic nitrogens is 2. The molecule has 0 fully saturated rings. The predicted octanol–water partition coefficient (Wildman–Crippen LogP) is 2.37. The van der Waals surface area contributed by atoms with E-state index in [9.17, 15) is 19.5 Å². The monoisotopic (exact) mass is 549 g/mol. The molecule has 4 aromatic rings. The molecule has 208 valence electrons. The van der Waals surface area contributed by atoms with Crippen LogP contribution < -0.4 is 14.8 Å². The molecular weight excluding hydrogens is 522 g/mol. The zero-order valence-electron chi connectivity index (χ0n) is 22.0. The quantitative estimate of drug-likeness (QED) is 0.295. The number of oxazole rings is 1. The number of nitrogens with one attached hydrogen (secondary N) is 1. The molecule has 1 aliphatic heterocycles. The first-order chi connectivity index (χ1) is 19.2. The van der Waals surface area contributed by atoms with Crippen LogP contribution in [0.5, 0.6) is 11.5 Å². The standard InChI is InChI=1S/C27H27N5O8/c1-27(26(35)36)14-39-22-17-7-6-16(24-30-9-10-38-24)11-20(17)40-23(22)25(34)32(27)13-21(33)31(2)15-28-12-18-19(37-3)5-4-8-29-18/h4-11,28H,12-15H2,1-3H3,(H,35,36)/t27-/m1/s1. The van der Waals surface area contributed by atoms with Crippen molar-refractivity contribution < 1.29 is 37.8 Å². The van der Waals surface area contributed by atoms with E-state index in [1.165, 1.54) is 24.3 Å². The summed E-state index contributed by atoms with van der Waals surface area (Å²) >= 11 is 0. The molecule has 1 atom stereocenters. The highest BCUT2D eigenvalue weighted by Gasteiger charge is 2.49. The highest BCUT2D eigenvalue weighted by atomic mass is 16.5. The summed E-state index contributed by atoms with van der Waals surface area (Å²) in [6.45, 7) is 0.851. The number of aliphatic carboxylic acids is 1. The van der Waals surface area contributed by atoms with E-state index in [0.29, 0.717) is 40.4 Å². The van der Waals surface area contributed by atoms with Gasteiger partial charge in [0.1, 0.15) is 30.7 Å². The van der Waals surface area contributed by atoms with Crippen LogP contribution in [0, 0.1) is 0 Å². The van der Waals surface area contributed by atoms with E-state index < -0.39 is 36.5 Å². The maximum absolute atomic E-state index is 13.7. The summed E-state index contributed by atoms with van der Waals surface area (Å²) in [5.74, 6) is -1.71. The molecule has 2 amide bonds. The van der Waals surface area contributed by atoms with Gasteiger partial charge in [0, 0.05) is 25.4 Å². The predicted molar refractivity (Wildman–Crippen MR) is 140 cm³/mol. The summed E-state index contributed by atoms with van der Waals surface area (Å²) in [7, 11) is 3.08. The second kappa shape index (κ2) is 10.7. The summed E-state index contributed by atoms with van der Waals surface area (Å²) in [6, 6.07) is 8.58. The van der Waals surface area contributed by atoms with Gasteiger partial charge in [-0.15, -0.1) is 0 Å². The minimum absolute atomic E-state index is 0.111. The van der Waals surface area contributed by atoms with E-state index in [1.54, 1.807) is 50.7 Å². The topological polar surface area (TPSA) is 160 Å². The molecule has 0 bridgehead atoms. The fourth-order valence-corrected chi connectivity index (χ4v) is 4.34. The summed E-state index contributed by atoms with van der Waals surface area (Å²) in [6.07, 6.45) is 4.58. The number of fused-ring (bicyclic) bond motifs is 3. The number of likely N-dealkylation sites (N-methyl/N-ethyl adjacent to an activating group) is 1. The number of pyridine rings is 1. The minimum Gasteiger partial charge on any atom is -0.495 e. The van der Waals surface area contributed by atoms with E-state index >= 15 is 0 Å². The largest absolute Gasteiger partial charge is 0.495 e. The first-order valence-corrected chi connectivity index (χ1v) is 12.3. The third-order valence-electron chi connectivity index (χ3n) is 6.75. The van der Waals surface area contributed by atoms with Gasteiger partial charge in [-0.2, -0.15) is 0 Å². The van der Waals surface area contributed by atoms with Crippen molar-refractivity contribution in [2.24, 2.45) is 0 Å². The Balaban J connectivity index is 1.36. The maximum atomic E-state index is 13.7. The number of methoxy groups -OCH3 is 1. The van der Waals surface area contributed by atoms with E-state index in [1.807, 2.05) is 0 Å². The van der Waals surface area contributed by atoms with Crippen LogP contribution in [0.2, 0.25) is 0 Å². The van der Waals surface area contributed by atoms with E-state index in [-0.39, 0.29) is 18.2 Å². The van der Waals surface area contributed by atoms with Gasteiger partial charge in [-0.25, -0.2) is 9.78 Å². The third kappa shape index (κ3) is 4.82. The van der Waals surface area contributed by atoms with Gasteiger partial charge in [-0.1, -0.05) is 0 Å². The molecule has 0 saturated carbocycles. The van der Waals surface area contributed by atoms with Crippen LogP contribution in [-0.4, -0.2) is 82.2 Å². The Morgan fingerprint density at radius 2 is 2.08 bits per heavy atom. The second-order valence-electron chi connectivity index (χ2n) is 9.40. The smallest absolute Gasteiger partial charge is 0.332 e. The molecule has 1 aliphatic rings. The number of carboxylic acids is 1. The number of nitrogens with zero attached hydrogens (tertiary/aromatic N) is 4. The number of hydrogen-bond donors (Lipinski definition) is 2. The van der Waals surface area contributed by atoms with Crippen LogP contribution in [0.4, 0.5) is 0 Å². The Kier molecular flexibility index (Phi) is 7.13. The molecule has 1 aromatic carbocycles. The lowest BCUT2D eigenvalue weighted by Crippen LogP contribution is -2.60. The number of furan rings is 1. The molecule has 0 radical (unpaired) electrons. The lowest BCUT2D eigenvalue weighted by molar-refractivity contribution is -0.151. The normalized spacial score (nSPS) is 16.8. The van der Waals surface area contributed by atoms with Gasteiger partial charge in [0.2, 0.25) is 17.6 Å². The Labute approximate surface area is 228 Å². The molecule has 4 heterocycles. The van der Waals surface area contributed by atoms with Gasteiger partial charge in [-0.3, -0.25) is 19.9 Å². The zero-order chi connectivity index (χ0) is 28.4. The van der Waals surface area contributed by atoms with Gasteiger partial charge in [-0.05, 0) is 37.3 Å². The number of ether oxygens (including phenoxy) is 2. The molecule has 2 N–H and O–H groups in total. The van der Waals surface area contributed by atoms with Crippen LogP contribution >= 0.6 is 0 Å². The van der Waals surface area contributed by atoms with E-state index in [2.05, 4.69) is 15.3 Å². The molecule has 0 unspecified atom stereocenters. The average Bonchev–Trinajstić information content (AvgIpc) is 3.60. The van der Waals surface area contributed by atoms with E-state index in [0.717, 1.165) is 4.90 Å². The lowest BCUT2D eigenvalue weighted by atomic mass is 10.0. The number of hydrogen-bond acceptors (Lipinski definition) is 10. The number of carbonyl (C=O) groups is 3. The molecule has 13 nitrogen and oxygen atoms in total. The average molecular weight is 550 g/mol. The van der Waals surface area contributed by atoms with Crippen LogP contribution in [0.15, 0.2) is 57.8 Å². The first kappa shape index (κ1) is 26.7. The Morgan fingerprint density at radius 1 is 1.25 bits per heavy atom. The second-order valence-corrected chi connectivity index (χ2v) is 9.40. The van der Waals surface area contributed by atoms with Crippen molar-refractivity contribution in [3.05, 3.63) is 60.4 Å². The summed E-state index contributed by atoms with van der Waals surface area (Å²) in [5, 5.41) is 13.6. The highest BCUT2D eigenvalue weighted by molar-refractivity contribution is 6.05. The van der Waals surface area contributed by atoms with E-state index in [4.69, 9.17) is 18.3 Å². The number of carboxylic acid groups (broad SMARTS) is 1. The molecule has 0 saturated heterocycles. The van der Waals surface area contributed by atoms with Crippen molar-refractivity contribution in [1.82, 2.24) is 25.1 Å². The minimum atomic E-state index is -1.84. The number of benzene rings is 1.